The van der Waals surface area contributed by atoms with Crippen molar-refractivity contribution in [1.82, 2.24) is 15.4 Å². The SMILES string of the molecule is CN(NC(=O)OC(C)(C)C)C(=O)c1ccccn1. The fourth-order valence-electron chi connectivity index (χ4n) is 1.15. The van der Waals surface area contributed by atoms with Crippen molar-refractivity contribution in [2.75, 3.05) is 7.05 Å². The van der Waals surface area contributed by atoms with Gasteiger partial charge in [-0.15, -0.1) is 0 Å². The molecule has 0 atom stereocenters. The number of carbonyl (C=O) groups excluding carboxylic acids is 2. The molecule has 0 spiro atoms. The van der Waals surface area contributed by atoms with Crippen LogP contribution in [0.2, 0.25) is 0 Å². The number of hydrazine groups is 1. The van der Waals surface area contributed by atoms with Gasteiger partial charge in [-0.05, 0) is 32.9 Å². The highest BCUT2D eigenvalue weighted by molar-refractivity contribution is 5.92. The molecule has 0 fully saturated rings. The maximum absolute atomic E-state index is 11.8. The molecule has 2 amide bonds. The second kappa shape index (κ2) is 5.48. The Morgan fingerprint density at radius 1 is 1.33 bits per heavy atom. The van der Waals surface area contributed by atoms with Gasteiger partial charge in [-0.2, -0.15) is 0 Å². The molecule has 1 heterocycles. The van der Waals surface area contributed by atoms with Crippen LogP contribution < -0.4 is 5.43 Å². The van der Waals surface area contributed by atoms with E-state index in [1.165, 1.54) is 13.2 Å². The van der Waals surface area contributed by atoms with Crippen molar-refractivity contribution >= 4 is 12.0 Å². The van der Waals surface area contributed by atoms with Crippen molar-refractivity contribution in [2.45, 2.75) is 26.4 Å². The average Bonchev–Trinajstić information content (AvgIpc) is 2.26. The van der Waals surface area contributed by atoms with Gasteiger partial charge in [0.2, 0.25) is 0 Å². The Kier molecular flexibility index (Phi) is 4.25. The van der Waals surface area contributed by atoms with Gasteiger partial charge in [-0.3, -0.25) is 9.78 Å². The largest absolute Gasteiger partial charge is 0.443 e. The van der Waals surface area contributed by atoms with Gasteiger partial charge < -0.3 is 4.74 Å². The molecule has 18 heavy (non-hydrogen) atoms. The summed E-state index contributed by atoms with van der Waals surface area (Å²) >= 11 is 0. The Morgan fingerprint density at radius 2 is 2.00 bits per heavy atom. The number of aromatic nitrogens is 1. The van der Waals surface area contributed by atoms with Crippen LogP contribution in [0.15, 0.2) is 24.4 Å². The molecule has 1 aromatic rings. The van der Waals surface area contributed by atoms with Crippen LogP contribution in [0.3, 0.4) is 0 Å². The minimum Gasteiger partial charge on any atom is -0.443 e. The van der Waals surface area contributed by atoms with Gasteiger partial charge in [-0.1, -0.05) is 6.07 Å². The summed E-state index contributed by atoms with van der Waals surface area (Å²) in [5, 5.41) is 1.04. The van der Waals surface area contributed by atoms with E-state index < -0.39 is 17.6 Å². The Bertz CT molecular complexity index is 426. The van der Waals surface area contributed by atoms with E-state index in [1.807, 2.05) is 0 Å². The molecule has 0 radical (unpaired) electrons. The second-order valence-corrected chi connectivity index (χ2v) is 4.69. The predicted octanol–water partition coefficient (Wildman–Crippen LogP) is 1.59. The van der Waals surface area contributed by atoms with E-state index in [0.717, 1.165) is 5.01 Å². The van der Waals surface area contributed by atoms with Crippen molar-refractivity contribution in [3.8, 4) is 0 Å². The fourth-order valence-corrected chi connectivity index (χ4v) is 1.15. The molecule has 0 aliphatic carbocycles. The number of ether oxygens (including phenoxy) is 1. The van der Waals surface area contributed by atoms with E-state index >= 15 is 0 Å². The highest BCUT2D eigenvalue weighted by Gasteiger charge is 2.20. The maximum Gasteiger partial charge on any atom is 0.426 e. The third kappa shape index (κ3) is 4.40. The first kappa shape index (κ1) is 14.0. The first-order valence-electron chi connectivity index (χ1n) is 5.48. The van der Waals surface area contributed by atoms with E-state index in [9.17, 15) is 9.59 Å². The summed E-state index contributed by atoms with van der Waals surface area (Å²) < 4.78 is 5.03. The van der Waals surface area contributed by atoms with E-state index in [0.29, 0.717) is 0 Å². The van der Waals surface area contributed by atoms with Gasteiger partial charge in [0.05, 0.1) is 0 Å². The summed E-state index contributed by atoms with van der Waals surface area (Å²) in [5.74, 6) is -0.415. The van der Waals surface area contributed by atoms with E-state index in [4.69, 9.17) is 4.74 Å². The highest BCUT2D eigenvalue weighted by Crippen LogP contribution is 2.06. The molecule has 0 saturated heterocycles. The molecule has 0 aliphatic rings. The Balaban J connectivity index is 2.59. The predicted molar refractivity (Wildman–Crippen MR) is 65.7 cm³/mol. The maximum atomic E-state index is 11.8. The molecule has 6 nitrogen and oxygen atoms in total. The van der Waals surface area contributed by atoms with E-state index in [2.05, 4.69) is 10.4 Å². The third-order valence-electron chi connectivity index (χ3n) is 1.85. The fraction of sp³-hybridized carbons (Fsp3) is 0.417. The van der Waals surface area contributed by atoms with Crippen molar-refractivity contribution in [2.24, 2.45) is 0 Å². The number of carbonyl (C=O) groups is 2. The monoisotopic (exact) mass is 251 g/mol. The number of pyridine rings is 1. The highest BCUT2D eigenvalue weighted by atomic mass is 16.6. The van der Waals surface area contributed by atoms with Crippen LogP contribution in [-0.4, -0.2) is 34.6 Å². The van der Waals surface area contributed by atoms with Crippen LogP contribution in [0, 0.1) is 0 Å². The van der Waals surface area contributed by atoms with Crippen molar-refractivity contribution in [1.29, 1.82) is 0 Å². The lowest BCUT2D eigenvalue weighted by atomic mass is 10.2. The molecule has 0 aromatic carbocycles. The molecule has 0 unspecified atom stereocenters. The number of hydrogen-bond donors (Lipinski definition) is 1. The zero-order valence-corrected chi connectivity index (χ0v) is 10.9. The molecule has 1 aromatic heterocycles. The van der Waals surface area contributed by atoms with Gasteiger partial charge >= 0.3 is 6.09 Å². The molecule has 0 aliphatic heterocycles. The normalized spacial score (nSPS) is 10.7. The smallest absolute Gasteiger partial charge is 0.426 e. The van der Waals surface area contributed by atoms with Crippen LogP contribution in [0.4, 0.5) is 4.79 Å². The topological polar surface area (TPSA) is 71.5 Å². The molecule has 6 heteroatoms. The molecule has 1 rings (SSSR count). The van der Waals surface area contributed by atoms with Crippen molar-refractivity contribution < 1.29 is 14.3 Å². The molecule has 98 valence electrons. The summed E-state index contributed by atoms with van der Waals surface area (Å²) in [6.45, 7) is 5.23. The molecule has 0 saturated carbocycles. The van der Waals surface area contributed by atoms with Gasteiger partial charge in [0.15, 0.2) is 0 Å². The Morgan fingerprint density at radius 3 is 2.50 bits per heavy atom. The summed E-state index contributed by atoms with van der Waals surface area (Å²) in [4.78, 5) is 27.2. The average molecular weight is 251 g/mol. The van der Waals surface area contributed by atoms with Crippen molar-refractivity contribution in [3.63, 3.8) is 0 Å². The van der Waals surface area contributed by atoms with Gasteiger partial charge in [0.1, 0.15) is 11.3 Å². The van der Waals surface area contributed by atoms with Crippen LogP contribution in [0.5, 0.6) is 0 Å². The first-order valence-corrected chi connectivity index (χ1v) is 5.48. The molecular formula is C12H17N3O3. The lowest BCUT2D eigenvalue weighted by Crippen LogP contribution is -2.45. The summed E-state index contributed by atoms with van der Waals surface area (Å²) in [5.41, 5.74) is 1.95. The Labute approximate surface area is 106 Å². The lowest BCUT2D eigenvalue weighted by molar-refractivity contribution is 0.0333. The Hall–Kier alpha value is -2.11. The van der Waals surface area contributed by atoms with E-state index in [1.54, 1.807) is 39.0 Å². The van der Waals surface area contributed by atoms with Crippen LogP contribution in [-0.2, 0) is 4.74 Å². The van der Waals surface area contributed by atoms with Crippen molar-refractivity contribution in [3.05, 3.63) is 30.1 Å². The lowest BCUT2D eigenvalue weighted by Gasteiger charge is -2.23. The van der Waals surface area contributed by atoms with Crippen LogP contribution in [0.25, 0.3) is 0 Å². The minimum atomic E-state index is -0.686. The molecule has 0 bridgehead atoms. The first-order chi connectivity index (χ1) is 8.29. The zero-order chi connectivity index (χ0) is 13.8. The quantitative estimate of drug-likeness (QED) is 0.769. The number of rotatable bonds is 1. The van der Waals surface area contributed by atoms with Gasteiger partial charge in [0, 0.05) is 13.2 Å². The van der Waals surface area contributed by atoms with E-state index in [-0.39, 0.29) is 5.69 Å². The van der Waals surface area contributed by atoms with Gasteiger partial charge in [-0.25, -0.2) is 15.2 Å². The summed E-state index contributed by atoms with van der Waals surface area (Å²) in [6.07, 6.45) is 0.823. The molecular weight excluding hydrogens is 234 g/mol. The third-order valence-corrected chi connectivity index (χ3v) is 1.85. The number of nitrogens with one attached hydrogen (secondary N) is 1. The van der Waals surface area contributed by atoms with Crippen LogP contribution >= 0.6 is 0 Å². The van der Waals surface area contributed by atoms with Crippen LogP contribution in [0.1, 0.15) is 31.3 Å². The summed E-state index contributed by atoms with van der Waals surface area (Å²) in [7, 11) is 1.43. The standard InChI is InChI=1S/C12H17N3O3/c1-12(2,3)18-11(17)14-15(4)10(16)9-7-5-6-8-13-9/h5-8H,1-4H3,(H,14,17). The second-order valence-electron chi connectivity index (χ2n) is 4.69. The molecule has 1 N–H and O–H groups in total. The summed E-state index contributed by atoms with van der Waals surface area (Å²) in [6, 6.07) is 4.97. The zero-order valence-electron chi connectivity index (χ0n) is 10.9. The minimum absolute atomic E-state index is 0.246. The number of nitrogens with zero attached hydrogens (tertiary/aromatic N) is 2. The number of hydrogen-bond acceptors (Lipinski definition) is 4. The number of amides is 2. The van der Waals surface area contributed by atoms with Gasteiger partial charge in [0.25, 0.3) is 5.91 Å².